The van der Waals surface area contributed by atoms with E-state index in [2.05, 4.69) is 53.6 Å². The molecule has 45 heavy (non-hydrogen) atoms. The number of nitrogens with zero attached hydrogens (tertiary/aromatic N) is 1. The maximum atomic E-state index is 13.0. The van der Waals surface area contributed by atoms with Crippen molar-refractivity contribution in [3.8, 4) is 0 Å². The normalized spacial score (nSPS) is 13.9. The molecule has 0 aliphatic carbocycles. The number of amides is 1. The molecule has 9 heteroatoms. The van der Waals surface area contributed by atoms with Crippen molar-refractivity contribution >= 4 is 51.3 Å². The Morgan fingerprint density at radius 3 is 2.29 bits per heavy atom. The maximum absolute atomic E-state index is 13.0. The fourth-order valence-corrected chi connectivity index (χ4v) is 8.29. The molecule has 1 amide bonds. The van der Waals surface area contributed by atoms with Crippen molar-refractivity contribution in [3.63, 3.8) is 0 Å². The molecule has 0 aromatic heterocycles. The summed E-state index contributed by atoms with van der Waals surface area (Å²) in [6.07, 6.45) is 8.82. The van der Waals surface area contributed by atoms with Crippen molar-refractivity contribution in [2.45, 2.75) is 35.5 Å². The molecular formula is C36H45ClN2O5S. The van der Waals surface area contributed by atoms with Crippen molar-refractivity contribution in [1.82, 2.24) is 5.32 Å². The predicted molar refractivity (Wildman–Crippen MR) is 186 cm³/mol. The number of hydrogen-bond acceptors (Lipinski definition) is 5. The zero-order chi connectivity index (χ0) is 32.6. The quantitative estimate of drug-likeness (QED) is 0.158. The van der Waals surface area contributed by atoms with Gasteiger partial charge in [-0.3, -0.25) is 4.79 Å². The molecule has 0 bridgehead atoms. The summed E-state index contributed by atoms with van der Waals surface area (Å²) >= 11 is 5.69. The standard InChI is InChI=1S/C36H45ClN2O5S/c1-25-10-13-29-32(22-25)45(4,5)33-24-27(39(2)3)12-15-30(33)34(29)28-14-11-26(23-31(28)36(41)42)35(40)38-17-19-44-21-20-43-18-9-7-6-8-16-37/h10-15,22-24H,1,6-9,16-21H2,2-5H3,(H,38,40)(H,41,42). The van der Waals surface area contributed by atoms with Gasteiger partial charge >= 0.3 is 5.97 Å². The summed E-state index contributed by atoms with van der Waals surface area (Å²) in [7, 11) is 2.60. The Morgan fingerprint density at radius 2 is 1.58 bits per heavy atom. The molecule has 0 saturated carbocycles. The number of hydrogen-bond donors (Lipinski definition) is 2. The molecule has 0 unspecified atom stereocenters. The lowest BCUT2D eigenvalue weighted by Gasteiger charge is -2.39. The van der Waals surface area contributed by atoms with Crippen LogP contribution in [-0.2, 0) is 9.47 Å². The number of carboxylic acids is 1. The third-order valence-electron chi connectivity index (χ3n) is 8.02. The minimum atomic E-state index is -1.42. The molecule has 0 atom stereocenters. The molecule has 0 radical (unpaired) electrons. The molecule has 4 rings (SSSR count). The number of ether oxygens (including phenoxy) is 2. The zero-order valence-electron chi connectivity index (χ0n) is 26.8. The lowest BCUT2D eigenvalue weighted by molar-refractivity contribution is 0.0468. The first kappa shape index (κ1) is 34.6. The molecule has 0 fully saturated rings. The van der Waals surface area contributed by atoms with Crippen LogP contribution >= 0.6 is 21.6 Å². The average molecular weight is 653 g/mol. The number of carbonyl (C=O) groups excluding carboxylic acids is 1. The Kier molecular flexibility index (Phi) is 12.1. The van der Waals surface area contributed by atoms with Gasteiger partial charge in [0.15, 0.2) is 0 Å². The number of aromatic carboxylic acids is 1. The summed E-state index contributed by atoms with van der Waals surface area (Å²) in [4.78, 5) is 30.1. The number of rotatable bonds is 16. The number of unbranched alkanes of at least 4 members (excludes halogenated alkanes) is 3. The first-order valence-corrected chi connectivity index (χ1v) is 18.3. The fourth-order valence-electron chi connectivity index (χ4n) is 5.56. The van der Waals surface area contributed by atoms with E-state index >= 15 is 0 Å². The third kappa shape index (κ3) is 8.30. The van der Waals surface area contributed by atoms with Crippen LogP contribution in [0.3, 0.4) is 0 Å². The maximum Gasteiger partial charge on any atom is 0.336 e. The minimum absolute atomic E-state index is 0.0794. The summed E-state index contributed by atoms with van der Waals surface area (Å²) in [6.45, 7) is 6.46. The monoisotopic (exact) mass is 652 g/mol. The molecule has 7 nitrogen and oxygen atoms in total. The van der Waals surface area contributed by atoms with Crippen LogP contribution in [0, 0.1) is 0 Å². The van der Waals surface area contributed by atoms with Gasteiger partial charge in [0, 0.05) is 54.2 Å². The average Bonchev–Trinajstić information content (AvgIpc) is 3.01. The molecule has 2 N–H and O–H groups in total. The number of nitrogens with one attached hydrogen (secondary N) is 1. The van der Waals surface area contributed by atoms with Crippen LogP contribution in [0.5, 0.6) is 0 Å². The van der Waals surface area contributed by atoms with Crippen molar-refractivity contribution in [3.05, 3.63) is 87.3 Å². The number of alkyl halides is 1. The smallest absolute Gasteiger partial charge is 0.336 e. The van der Waals surface area contributed by atoms with Crippen LogP contribution in [0.4, 0.5) is 5.69 Å². The molecular weight excluding hydrogens is 608 g/mol. The van der Waals surface area contributed by atoms with E-state index in [0.717, 1.165) is 52.9 Å². The second kappa shape index (κ2) is 15.8. The lowest BCUT2D eigenvalue weighted by Crippen LogP contribution is -2.28. The highest BCUT2D eigenvalue weighted by atomic mass is 35.5. The predicted octanol–water partition coefficient (Wildman–Crippen LogP) is 5.47. The summed E-state index contributed by atoms with van der Waals surface area (Å²) in [6, 6.07) is 17.4. The molecule has 1 aliphatic rings. The second-order valence-electron chi connectivity index (χ2n) is 11.8. The first-order chi connectivity index (χ1) is 21.6. The number of halogens is 1. The van der Waals surface area contributed by atoms with E-state index in [-0.39, 0.29) is 17.0 Å². The highest BCUT2D eigenvalue weighted by Crippen LogP contribution is 2.60. The summed E-state index contributed by atoms with van der Waals surface area (Å²) in [5, 5.41) is 15.1. The van der Waals surface area contributed by atoms with Gasteiger partial charge in [-0.15, -0.1) is 11.6 Å². The van der Waals surface area contributed by atoms with Gasteiger partial charge < -0.3 is 24.8 Å². The van der Waals surface area contributed by atoms with E-state index in [1.165, 1.54) is 15.9 Å². The van der Waals surface area contributed by atoms with Gasteiger partial charge in [-0.2, -0.15) is 10.0 Å². The minimum Gasteiger partial charge on any atom is -0.478 e. The van der Waals surface area contributed by atoms with Crippen LogP contribution in [0.1, 0.15) is 57.5 Å². The Hall–Kier alpha value is -3.30. The van der Waals surface area contributed by atoms with Gasteiger partial charge in [0.1, 0.15) is 0 Å². The highest BCUT2D eigenvalue weighted by molar-refractivity contribution is 8.32. The summed E-state index contributed by atoms with van der Waals surface area (Å²) in [5.41, 5.74) is 3.89. The van der Waals surface area contributed by atoms with Crippen LogP contribution in [-0.4, -0.2) is 82.4 Å². The Morgan fingerprint density at radius 1 is 0.867 bits per heavy atom. The SMILES string of the molecule is C=c1ccc2c(c1)S(C)(C)c1cc(N(C)C)ccc1C=2c1ccc(C(=O)NCCOCCOCCCCCCCl)cc1C(=O)O. The van der Waals surface area contributed by atoms with Gasteiger partial charge in [-0.05, 0) is 82.8 Å². The Balaban J connectivity index is 1.52. The van der Waals surface area contributed by atoms with E-state index in [4.69, 9.17) is 21.1 Å². The van der Waals surface area contributed by atoms with Crippen LogP contribution < -0.4 is 20.7 Å². The summed E-state index contributed by atoms with van der Waals surface area (Å²) in [5.74, 6) is -0.734. The van der Waals surface area contributed by atoms with Crippen molar-refractivity contribution in [2.24, 2.45) is 0 Å². The topological polar surface area (TPSA) is 88.1 Å². The van der Waals surface area contributed by atoms with Gasteiger partial charge in [-0.25, -0.2) is 4.79 Å². The van der Waals surface area contributed by atoms with Crippen molar-refractivity contribution in [1.29, 1.82) is 0 Å². The summed E-state index contributed by atoms with van der Waals surface area (Å²) < 4.78 is 11.2. The van der Waals surface area contributed by atoms with Gasteiger partial charge in [0.05, 0.1) is 25.4 Å². The van der Waals surface area contributed by atoms with E-state index in [0.29, 0.717) is 44.4 Å². The number of carboxylic acid groups (broad SMARTS) is 1. The van der Waals surface area contributed by atoms with E-state index in [1.807, 2.05) is 26.2 Å². The highest BCUT2D eigenvalue weighted by Gasteiger charge is 2.31. The molecule has 3 aromatic rings. The molecule has 3 aromatic carbocycles. The van der Waals surface area contributed by atoms with Gasteiger partial charge in [-0.1, -0.05) is 43.7 Å². The van der Waals surface area contributed by atoms with Crippen molar-refractivity contribution in [2.75, 3.05) is 70.4 Å². The van der Waals surface area contributed by atoms with Crippen LogP contribution in [0.2, 0.25) is 0 Å². The van der Waals surface area contributed by atoms with Crippen LogP contribution in [0.25, 0.3) is 12.2 Å². The Bertz CT molecular complexity index is 1640. The largest absolute Gasteiger partial charge is 0.478 e. The van der Waals surface area contributed by atoms with E-state index in [1.54, 1.807) is 12.1 Å². The molecule has 1 heterocycles. The number of fused-ring (bicyclic) bond motifs is 2. The second-order valence-corrected chi connectivity index (χ2v) is 15.7. The fraction of sp³-hybridized carbons (Fsp3) is 0.389. The van der Waals surface area contributed by atoms with E-state index < -0.39 is 16.0 Å². The third-order valence-corrected chi connectivity index (χ3v) is 11.2. The molecule has 0 saturated heterocycles. The lowest BCUT2D eigenvalue weighted by atomic mass is 9.90. The molecule has 1 aliphatic heterocycles. The Labute approximate surface area is 273 Å². The van der Waals surface area contributed by atoms with Crippen LogP contribution in [0.15, 0.2) is 64.4 Å². The molecule has 0 spiro atoms. The van der Waals surface area contributed by atoms with Gasteiger partial charge in [0.2, 0.25) is 0 Å². The van der Waals surface area contributed by atoms with Crippen molar-refractivity contribution < 1.29 is 24.2 Å². The number of anilines is 1. The zero-order valence-corrected chi connectivity index (χ0v) is 28.4. The first-order valence-electron chi connectivity index (χ1n) is 15.3. The van der Waals surface area contributed by atoms with E-state index in [9.17, 15) is 14.7 Å². The number of carbonyl (C=O) groups is 2. The number of benzene rings is 3. The van der Waals surface area contributed by atoms with Gasteiger partial charge in [0.25, 0.3) is 5.91 Å². The molecule has 242 valence electrons.